The molecule has 0 saturated heterocycles. The molecule has 0 bridgehead atoms. The Kier molecular flexibility index (Phi) is 5.69. The van der Waals surface area contributed by atoms with Crippen molar-refractivity contribution in [2.45, 2.75) is 37.5 Å². The molecule has 0 aliphatic carbocycles. The molecule has 1 heterocycles. The van der Waals surface area contributed by atoms with Crippen molar-refractivity contribution < 1.29 is 13.2 Å². The van der Waals surface area contributed by atoms with Crippen molar-refractivity contribution in [2.24, 2.45) is 4.99 Å². The number of aryl methyl sites for hydroxylation is 1. The quantitative estimate of drug-likeness (QED) is 0.571. The van der Waals surface area contributed by atoms with Gasteiger partial charge in [-0.15, -0.1) is 0 Å². The molecule has 0 aliphatic heterocycles. The Morgan fingerprint density at radius 3 is 2.59 bits per heavy atom. The third-order valence-electron chi connectivity index (χ3n) is 4.20. The number of aromatic nitrogens is 1. The van der Waals surface area contributed by atoms with Crippen LogP contribution in [-0.2, 0) is 16.4 Å². The maximum absolute atomic E-state index is 12.7. The lowest BCUT2D eigenvalue weighted by Gasteiger charge is -2.08. The SMILES string of the molecule is CCn1c(=NC(=O)c2cccc(S(=O)(=O)C(C)C)c2)sc2cccc(Br)c21. The predicted molar refractivity (Wildman–Crippen MR) is 112 cm³/mol. The second-order valence-corrected chi connectivity index (χ2v) is 10.6. The van der Waals surface area contributed by atoms with Crippen LogP contribution in [0.5, 0.6) is 0 Å². The van der Waals surface area contributed by atoms with E-state index in [0.29, 0.717) is 11.3 Å². The average molecular weight is 467 g/mol. The van der Waals surface area contributed by atoms with E-state index in [1.807, 2.05) is 29.7 Å². The van der Waals surface area contributed by atoms with Gasteiger partial charge >= 0.3 is 0 Å². The molecular formula is C19H19BrN2O3S2. The lowest BCUT2D eigenvalue weighted by Crippen LogP contribution is -2.17. The van der Waals surface area contributed by atoms with Crippen molar-refractivity contribution in [2.75, 3.05) is 0 Å². The van der Waals surface area contributed by atoms with Crippen molar-refractivity contribution in [3.8, 4) is 0 Å². The molecule has 2 aromatic carbocycles. The number of carbonyl (C=O) groups is 1. The van der Waals surface area contributed by atoms with E-state index in [1.165, 1.54) is 23.5 Å². The molecule has 1 aromatic heterocycles. The first-order valence-electron chi connectivity index (χ1n) is 8.46. The molecule has 27 heavy (non-hydrogen) atoms. The Bertz CT molecular complexity index is 1190. The fourth-order valence-corrected chi connectivity index (χ4v) is 5.63. The number of hydrogen-bond donors (Lipinski definition) is 0. The van der Waals surface area contributed by atoms with Crippen LogP contribution in [0.25, 0.3) is 10.2 Å². The van der Waals surface area contributed by atoms with Crippen LogP contribution in [-0.4, -0.2) is 24.1 Å². The molecule has 1 amide bonds. The van der Waals surface area contributed by atoms with Gasteiger partial charge in [0.05, 0.1) is 20.4 Å². The zero-order chi connectivity index (χ0) is 19.8. The number of sulfone groups is 1. The molecule has 142 valence electrons. The van der Waals surface area contributed by atoms with Gasteiger partial charge in [-0.3, -0.25) is 4.79 Å². The first kappa shape index (κ1) is 20.0. The van der Waals surface area contributed by atoms with E-state index < -0.39 is 21.0 Å². The Labute approximate surface area is 170 Å². The van der Waals surface area contributed by atoms with Crippen molar-refractivity contribution in [3.05, 3.63) is 57.3 Å². The summed E-state index contributed by atoms with van der Waals surface area (Å²) >= 11 is 4.98. The number of nitrogens with zero attached hydrogens (tertiary/aromatic N) is 2. The van der Waals surface area contributed by atoms with E-state index in [-0.39, 0.29) is 10.5 Å². The minimum atomic E-state index is -3.45. The molecule has 3 aromatic rings. The second-order valence-electron chi connectivity index (χ2n) is 6.25. The van der Waals surface area contributed by atoms with Crippen molar-refractivity contribution >= 4 is 53.2 Å². The normalized spacial score (nSPS) is 12.9. The molecule has 0 spiro atoms. The van der Waals surface area contributed by atoms with Crippen LogP contribution >= 0.6 is 27.3 Å². The number of carbonyl (C=O) groups excluding carboxylic acids is 1. The summed E-state index contributed by atoms with van der Waals surface area (Å²) in [6, 6.07) is 12.0. The van der Waals surface area contributed by atoms with Gasteiger partial charge in [-0.05, 0) is 67.0 Å². The molecule has 8 heteroatoms. The van der Waals surface area contributed by atoms with Crippen molar-refractivity contribution in [1.29, 1.82) is 0 Å². The van der Waals surface area contributed by atoms with Crippen LogP contribution in [0.15, 0.2) is 56.8 Å². The van der Waals surface area contributed by atoms with Crippen LogP contribution in [0.1, 0.15) is 31.1 Å². The Balaban J connectivity index is 2.11. The van der Waals surface area contributed by atoms with E-state index in [0.717, 1.165) is 14.7 Å². The summed E-state index contributed by atoms with van der Waals surface area (Å²) in [4.78, 5) is 17.7. The largest absolute Gasteiger partial charge is 0.316 e. The minimum absolute atomic E-state index is 0.140. The zero-order valence-electron chi connectivity index (χ0n) is 15.1. The van der Waals surface area contributed by atoms with Gasteiger partial charge in [0.2, 0.25) is 0 Å². The fraction of sp³-hybridized carbons (Fsp3) is 0.263. The van der Waals surface area contributed by atoms with Crippen LogP contribution in [0, 0.1) is 0 Å². The predicted octanol–water partition coefficient (Wildman–Crippen LogP) is 4.41. The van der Waals surface area contributed by atoms with Gasteiger partial charge in [-0.25, -0.2) is 8.42 Å². The van der Waals surface area contributed by atoms with Gasteiger partial charge in [0.1, 0.15) is 0 Å². The van der Waals surface area contributed by atoms with Crippen LogP contribution in [0.2, 0.25) is 0 Å². The molecule has 3 rings (SSSR count). The van der Waals surface area contributed by atoms with Crippen LogP contribution in [0.3, 0.4) is 0 Å². The first-order chi connectivity index (χ1) is 12.8. The summed E-state index contributed by atoms with van der Waals surface area (Å²) in [6.07, 6.45) is 0. The number of amides is 1. The molecule has 0 aliphatic rings. The zero-order valence-corrected chi connectivity index (χ0v) is 18.4. The fourth-order valence-electron chi connectivity index (χ4n) is 2.70. The molecule has 0 N–H and O–H groups in total. The number of fused-ring (bicyclic) bond motifs is 1. The van der Waals surface area contributed by atoms with Crippen molar-refractivity contribution in [3.63, 3.8) is 0 Å². The summed E-state index contributed by atoms with van der Waals surface area (Å²) in [5.74, 6) is -0.458. The molecule has 0 unspecified atom stereocenters. The average Bonchev–Trinajstić information content (AvgIpc) is 3.00. The monoisotopic (exact) mass is 466 g/mol. The Morgan fingerprint density at radius 2 is 1.93 bits per heavy atom. The Hall–Kier alpha value is -1.77. The maximum atomic E-state index is 12.7. The number of para-hydroxylation sites is 1. The molecule has 5 nitrogen and oxygen atoms in total. The highest BCUT2D eigenvalue weighted by Gasteiger charge is 2.20. The van der Waals surface area contributed by atoms with E-state index in [4.69, 9.17) is 0 Å². The highest BCUT2D eigenvalue weighted by molar-refractivity contribution is 9.10. The summed E-state index contributed by atoms with van der Waals surface area (Å²) in [5, 5.41) is -0.554. The highest BCUT2D eigenvalue weighted by Crippen LogP contribution is 2.25. The minimum Gasteiger partial charge on any atom is -0.316 e. The maximum Gasteiger partial charge on any atom is 0.279 e. The molecule has 0 radical (unpaired) electrons. The van der Waals surface area contributed by atoms with E-state index in [1.54, 1.807) is 26.0 Å². The lowest BCUT2D eigenvalue weighted by atomic mass is 10.2. The van der Waals surface area contributed by atoms with Gasteiger partial charge in [0, 0.05) is 16.6 Å². The standard InChI is InChI=1S/C19H19BrN2O3S2/c1-4-22-17-15(20)9-6-10-16(17)26-19(22)21-18(23)13-7-5-8-14(11-13)27(24,25)12(2)3/h5-12H,4H2,1-3H3. The van der Waals surface area contributed by atoms with E-state index >= 15 is 0 Å². The number of rotatable bonds is 4. The third kappa shape index (κ3) is 3.79. The lowest BCUT2D eigenvalue weighted by molar-refractivity contribution is 0.0997. The summed E-state index contributed by atoms with van der Waals surface area (Å²) in [5.41, 5.74) is 1.25. The molecular weight excluding hydrogens is 448 g/mol. The number of halogens is 1. The number of hydrogen-bond acceptors (Lipinski definition) is 4. The van der Waals surface area contributed by atoms with E-state index in [2.05, 4.69) is 20.9 Å². The molecule has 0 fully saturated rings. The first-order valence-corrected chi connectivity index (χ1v) is 11.6. The van der Waals surface area contributed by atoms with Crippen molar-refractivity contribution in [1.82, 2.24) is 4.57 Å². The summed E-state index contributed by atoms with van der Waals surface area (Å²) < 4.78 is 28.7. The number of benzene rings is 2. The molecule has 0 saturated carbocycles. The van der Waals surface area contributed by atoms with Gasteiger partial charge in [0.15, 0.2) is 14.6 Å². The summed E-state index contributed by atoms with van der Waals surface area (Å²) in [6.45, 7) is 5.89. The van der Waals surface area contributed by atoms with Crippen LogP contribution < -0.4 is 4.80 Å². The third-order valence-corrected chi connectivity index (χ3v) is 8.03. The number of thiazole rings is 1. The molecule has 0 atom stereocenters. The van der Waals surface area contributed by atoms with Crippen LogP contribution in [0.4, 0.5) is 0 Å². The topological polar surface area (TPSA) is 68.5 Å². The summed E-state index contributed by atoms with van der Waals surface area (Å²) in [7, 11) is -3.45. The smallest absolute Gasteiger partial charge is 0.279 e. The van der Waals surface area contributed by atoms with Gasteiger partial charge in [-0.2, -0.15) is 4.99 Å². The second kappa shape index (κ2) is 7.69. The van der Waals surface area contributed by atoms with Gasteiger partial charge in [0.25, 0.3) is 5.91 Å². The van der Waals surface area contributed by atoms with Gasteiger partial charge in [-0.1, -0.05) is 23.5 Å². The van der Waals surface area contributed by atoms with Gasteiger partial charge < -0.3 is 4.57 Å². The van der Waals surface area contributed by atoms with E-state index in [9.17, 15) is 13.2 Å². The highest BCUT2D eigenvalue weighted by atomic mass is 79.9. The Morgan fingerprint density at radius 1 is 1.22 bits per heavy atom.